The molecule has 4 aromatic rings. The number of likely N-dealkylation sites (N-methyl/N-ethyl adjacent to an activating group) is 1. The summed E-state index contributed by atoms with van der Waals surface area (Å²) in [7, 11) is 3.44. The SMILES string of the molecule is COCc1cc(-c2nc(-c3cccc(CN(C)CC(=O)O)c3)no2)ccc1-c1ccccc1. The summed E-state index contributed by atoms with van der Waals surface area (Å²) >= 11 is 0. The molecule has 0 spiro atoms. The first-order valence-corrected chi connectivity index (χ1v) is 10.5. The zero-order chi connectivity index (χ0) is 23.2. The highest BCUT2D eigenvalue weighted by molar-refractivity contribution is 5.72. The Labute approximate surface area is 192 Å². The van der Waals surface area contributed by atoms with Gasteiger partial charge in [-0.1, -0.05) is 59.8 Å². The third kappa shape index (κ3) is 5.52. The molecule has 0 aliphatic heterocycles. The molecule has 0 unspecified atom stereocenters. The first-order chi connectivity index (χ1) is 16.0. The lowest BCUT2D eigenvalue weighted by Gasteiger charge is -2.14. The Bertz CT molecular complexity index is 1240. The number of carboxylic acids is 1. The molecule has 0 aliphatic carbocycles. The largest absolute Gasteiger partial charge is 0.480 e. The number of hydrogen-bond donors (Lipinski definition) is 1. The summed E-state index contributed by atoms with van der Waals surface area (Å²) in [5, 5.41) is 13.1. The van der Waals surface area contributed by atoms with E-state index < -0.39 is 5.97 Å². The third-order valence-corrected chi connectivity index (χ3v) is 5.21. The van der Waals surface area contributed by atoms with Crippen LogP contribution in [-0.2, 0) is 22.7 Å². The van der Waals surface area contributed by atoms with Gasteiger partial charge in [0.25, 0.3) is 5.89 Å². The van der Waals surface area contributed by atoms with Gasteiger partial charge in [-0.3, -0.25) is 9.69 Å². The van der Waals surface area contributed by atoms with Crippen LogP contribution in [-0.4, -0.2) is 46.8 Å². The average Bonchev–Trinajstić information content (AvgIpc) is 3.30. The maximum Gasteiger partial charge on any atom is 0.317 e. The molecule has 7 heteroatoms. The van der Waals surface area contributed by atoms with Crippen molar-refractivity contribution in [2.45, 2.75) is 13.2 Å². The highest BCUT2D eigenvalue weighted by Crippen LogP contribution is 2.30. The predicted molar refractivity (Wildman–Crippen MR) is 125 cm³/mol. The molecule has 0 radical (unpaired) electrons. The van der Waals surface area contributed by atoms with Crippen LogP contribution >= 0.6 is 0 Å². The van der Waals surface area contributed by atoms with Crippen LogP contribution in [0.2, 0.25) is 0 Å². The molecule has 7 nitrogen and oxygen atoms in total. The van der Waals surface area contributed by atoms with Gasteiger partial charge in [0.1, 0.15) is 0 Å². The van der Waals surface area contributed by atoms with Gasteiger partial charge in [0.15, 0.2) is 0 Å². The highest BCUT2D eigenvalue weighted by atomic mass is 16.5. The Morgan fingerprint density at radius 1 is 1.00 bits per heavy atom. The third-order valence-electron chi connectivity index (χ3n) is 5.21. The van der Waals surface area contributed by atoms with Crippen LogP contribution in [0, 0.1) is 0 Å². The summed E-state index contributed by atoms with van der Waals surface area (Å²) in [4.78, 5) is 17.2. The quantitative estimate of drug-likeness (QED) is 0.400. The predicted octanol–water partition coefficient (Wildman–Crippen LogP) is 4.73. The van der Waals surface area contributed by atoms with Gasteiger partial charge in [0.05, 0.1) is 13.2 Å². The van der Waals surface area contributed by atoms with E-state index in [9.17, 15) is 4.79 Å². The fourth-order valence-electron chi connectivity index (χ4n) is 3.77. The van der Waals surface area contributed by atoms with E-state index in [2.05, 4.69) is 22.3 Å². The van der Waals surface area contributed by atoms with Gasteiger partial charge in [-0.2, -0.15) is 4.98 Å². The molecule has 3 aromatic carbocycles. The number of aromatic nitrogens is 2. The molecule has 0 fully saturated rings. The normalized spacial score (nSPS) is 11.1. The number of carboxylic acid groups (broad SMARTS) is 1. The van der Waals surface area contributed by atoms with E-state index in [1.54, 1.807) is 19.1 Å². The minimum Gasteiger partial charge on any atom is -0.480 e. The van der Waals surface area contributed by atoms with E-state index in [1.807, 2.05) is 60.7 Å². The number of ether oxygens (including phenoxy) is 1. The fourth-order valence-corrected chi connectivity index (χ4v) is 3.77. The Morgan fingerprint density at radius 3 is 2.55 bits per heavy atom. The molecule has 0 aliphatic rings. The van der Waals surface area contributed by atoms with E-state index >= 15 is 0 Å². The second-order valence-corrected chi connectivity index (χ2v) is 7.86. The molecule has 1 N–H and O–H groups in total. The minimum absolute atomic E-state index is 0.0284. The van der Waals surface area contributed by atoms with Gasteiger partial charge in [-0.25, -0.2) is 0 Å². The van der Waals surface area contributed by atoms with Gasteiger partial charge in [0.2, 0.25) is 5.82 Å². The summed E-state index contributed by atoms with van der Waals surface area (Å²) in [5.41, 5.74) is 5.84. The van der Waals surface area contributed by atoms with Gasteiger partial charge >= 0.3 is 5.97 Å². The molecule has 33 heavy (non-hydrogen) atoms. The van der Waals surface area contributed by atoms with E-state index in [0.717, 1.165) is 33.4 Å². The molecule has 0 amide bonds. The number of rotatable bonds is 9. The van der Waals surface area contributed by atoms with Crippen molar-refractivity contribution in [1.82, 2.24) is 15.0 Å². The Balaban J connectivity index is 1.59. The molecule has 1 aromatic heterocycles. The number of aliphatic carboxylic acids is 1. The van der Waals surface area contributed by atoms with Gasteiger partial charge in [-0.05, 0) is 47.5 Å². The van der Waals surface area contributed by atoms with E-state index in [0.29, 0.717) is 24.9 Å². The van der Waals surface area contributed by atoms with Gasteiger partial charge < -0.3 is 14.4 Å². The van der Waals surface area contributed by atoms with E-state index in [1.165, 1.54) is 0 Å². The van der Waals surface area contributed by atoms with Crippen LogP contribution in [0.3, 0.4) is 0 Å². The zero-order valence-electron chi connectivity index (χ0n) is 18.6. The Kier molecular flexibility index (Phi) is 6.92. The molecule has 0 bridgehead atoms. The zero-order valence-corrected chi connectivity index (χ0v) is 18.6. The number of benzene rings is 3. The topological polar surface area (TPSA) is 88.7 Å². The van der Waals surface area contributed by atoms with Crippen LogP contribution in [0.5, 0.6) is 0 Å². The number of nitrogens with zero attached hydrogens (tertiary/aromatic N) is 3. The summed E-state index contributed by atoms with van der Waals surface area (Å²) in [6, 6.07) is 23.9. The molecular weight excluding hydrogens is 418 g/mol. The van der Waals surface area contributed by atoms with Crippen molar-refractivity contribution in [2.24, 2.45) is 0 Å². The Morgan fingerprint density at radius 2 is 1.79 bits per heavy atom. The molecule has 0 atom stereocenters. The number of carbonyl (C=O) groups is 1. The second kappa shape index (κ2) is 10.2. The van der Waals surface area contributed by atoms with Crippen molar-refractivity contribution in [3.05, 3.63) is 83.9 Å². The lowest BCUT2D eigenvalue weighted by Crippen LogP contribution is -2.25. The van der Waals surface area contributed by atoms with Crippen molar-refractivity contribution < 1.29 is 19.2 Å². The molecule has 0 saturated heterocycles. The first-order valence-electron chi connectivity index (χ1n) is 10.5. The molecule has 0 saturated carbocycles. The van der Waals surface area contributed by atoms with Crippen molar-refractivity contribution in [2.75, 3.05) is 20.7 Å². The van der Waals surface area contributed by atoms with Crippen molar-refractivity contribution in [1.29, 1.82) is 0 Å². The lowest BCUT2D eigenvalue weighted by atomic mass is 9.98. The van der Waals surface area contributed by atoms with Crippen LogP contribution < -0.4 is 0 Å². The summed E-state index contributed by atoms with van der Waals surface area (Å²) < 4.78 is 11.0. The standard InChI is InChI=1S/C26H25N3O4/c1-29(16-24(30)31)15-18-7-6-10-20(13-18)25-27-26(33-28-25)21-11-12-23(22(14-21)17-32-2)19-8-4-3-5-9-19/h3-14H,15-17H2,1-2H3,(H,30,31). The maximum absolute atomic E-state index is 10.9. The smallest absolute Gasteiger partial charge is 0.317 e. The summed E-state index contributed by atoms with van der Waals surface area (Å²) in [5.74, 6) is 0.0473. The fraction of sp³-hybridized carbons (Fsp3) is 0.192. The summed E-state index contributed by atoms with van der Waals surface area (Å²) in [6.07, 6.45) is 0. The van der Waals surface area contributed by atoms with Crippen molar-refractivity contribution in [3.8, 4) is 34.0 Å². The average molecular weight is 444 g/mol. The number of methoxy groups -OCH3 is 1. The van der Waals surface area contributed by atoms with Crippen molar-refractivity contribution >= 4 is 5.97 Å². The van der Waals surface area contributed by atoms with Crippen molar-refractivity contribution in [3.63, 3.8) is 0 Å². The molecule has 168 valence electrons. The van der Waals surface area contributed by atoms with Crippen LogP contribution in [0.25, 0.3) is 34.0 Å². The first kappa shape index (κ1) is 22.4. The van der Waals surface area contributed by atoms with E-state index in [4.69, 9.17) is 14.4 Å². The summed E-state index contributed by atoms with van der Waals surface area (Å²) in [6.45, 7) is 0.941. The van der Waals surface area contributed by atoms with Gasteiger partial charge in [0, 0.05) is 24.8 Å². The second-order valence-electron chi connectivity index (χ2n) is 7.86. The lowest BCUT2D eigenvalue weighted by molar-refractivity contribution is -0.138. The van der Waals surface area contributed by atoms with Crippen LogP contribution in [0.15, 0.2) is 77.3 Å². The molecule has 1 heterocycles. The minimum atomic E-state index is -0.859. The highest BCUT2D eigenvalue weighted by Gasteiger charge is 2.14. The maximum atomic E-state index is 10.9. The Hall–Kier alpha value is -3.81. The van der Waals surface area contributed by atoms with E-state index in [-0.39, 0.29) is 6.54 Å². The monoisotopic (exact) mass is 443 g/mol. The van der Waals surface area contributed by atoms with Gasteiger partial charge in [-0.15, -0.1) is 0 Å². The van der Waals surface area contributed by atoms with Crippen LogP contribution in [0.1, 0.15) is 11.1 Å². The number of hydrogen-bond acceptors (Lipinski definition) is 6. The molecular formula is C26H25N3O4. The molecule has 4 rings (SSSR count). The van der Waals surface area contributed by atoms with Crippen LogP contribution in [0.4, 0.5) is 0 Å².